The Bertz CT molecular complexity index is 259. The summed E-state index contributed by atoms with van der Waals surface area (Å²) in [5, 5.41) is 0. The van der Waals surface area contributed by atoms with Gasteiger partial charge in [-0.2, -0.15) is 0 Å². The molecule has 0 saturated carbocycles. The third-order valence-electron chi connectivity index (χ3n) is 2.19. The van der Waals surface area contributed by atoms with Crippen LogP contribution >= 0.6 is 0 Å². The molecule has 1 unspecified atom stereocenters. The summed E-state index contributed by atoms with van der Waals surface area (Å²) in [6.07, 6.45) is 2.63. The fourth-order valence-electron chi connectivity index (χ4n) is 1.11. The van der Waals surface area contributed by atoms with Gasteiger partial charge in [0, 0.05) is 19.4 Å². The van der Waals surface area contributed by atoms with Crippen LogP contribution in [0.5, 0.6) is 0 Å². The van der Waals surface area contributed by atoms with E-state index >= 15 is 0 Å². The summed E-state index contributed by atoms with van der Waals surface area (Å²) in [4.78, 5) is 0. The average Bonchev–Trinajstić information content (AvgIpc) is 1.98. The molecular formula is C9H21NO3S. The summed E-state index contributed by atoms with van der Waals surface area (Å²) in [7, 11) is -1.32. The van der Waals surface area contributed by atoms with Crippen LogP contribution in [0.3, 0.4) is 0 Å². The Hall–Kier alpha value is -0.130. The Morgan fingerprint density at radius 2 is 1.93 bits per heavy atom. The van der Waals surface area contributed by atoms with E-state index in [1.165, 1.54) is 6.26 Å². The quantitative estimate of drug-likeness (QED) is 0.714. The van der Waals surface area contributed by atoms with Crippen molar-refractivity contribution in [2.45, 2.75) is 38.3 Å². The SMILES string of the molecule is COC(C)(C)CCC(N)CS(C)(=O)=O. The first-order valence-electron chi connectivity index (χ1n) is 4.65. The summed E-state index contributed by atoms with van der Waals surface area (Å²) >= 11 is 0. The molecule has 0 aliphatic rings. The highest BCUT2D eigenvalue weighted by atomic mass is 32.2. The van der Waals surface area contributed by atoms with Gasteiger partial charge < -0.3 is 10.5 Å². The van der Waals surface area contributed by atoms with Gasteiger partial charge in [-0.1, -0.05) is 0 Å². The molecule has 2 N–H and O–H groups in total. The lowest BCUT2D eigenvalue weighted by atomic mass is 10.00. The second kappa shape index (κ2) is 5.09. The monoisotopic (exact) mass is 223 g/mol. The lowest BCUT2D eigenvalue weighted by Crippen LogP contribution is -2.32. The van der Waals surface area contributed by atoms with Gasteiger partial charge in [-0.15, -0.1) is 0 Å². The lowest BCUT2D eigenvalue weighted by molar-refractivity contribution is 0.0129. The van der Waals surface area contributed by atoms with Crippen molar-refractivity contribution in [3.63, 3.8) is 0 Å². The molecule has 0 aromatic carbocycles. The smallest absolute Gasteiger partial charge is 0.148 e. The minimum Gasteiger partial charge on any atom is -0.379 e. The molecule has 0 aromatic heterocycles. The molecule has 5 heteroatoms. The van der Waals surface area contributed by atoms with E-state index in [0.717, 1.165) is 6.42 Å². The number of hydrogen-bond acceptors (Lipinski definition) is 4. The van der Waals surface area contributed by atoms with Crippen molar-refractivity contribution in [1.82, 2.24) is 0 Å². The van der Waals surface area contributed by atoms with E-state index in [9.17, 15) is 8.42 Å². The van der Waals surface area contributed by atoms with Crippen molar-refractivity contribution >= 4 is 9.84 Å². The first-order chi connectivity index (χ1) is 6.16. The van der Waals surface area contributed by atoms with Gasteiger partial charge in [0.25, 0.3) is 0 Å². The van der Waals surface area contributed by atoms with Gasteiger partial charge in [0.15, 0.2) is 0 Å². The maximum atomic E-state index is 10.9. The number of rotatable bonds is 6. The lowest BCUT2D eigenvalue weighted by Gasteiger charge is -2.24. The van der Waals surface area contributed by atoms with Crippen LogP contribution in [0.15, 0.2) is 0 Å². The van der Waals surface area contributed by atoms with Crippen molar-refractivity contribution in [3.05, 3.63) is 0 Å². The molecule has 1 atom stereocenters. The molecule has 0 aliphatic heterocycles. The van der Waals surface area contributed by atoms with Crippen LogP contribution in [0.2, 0.25) is 0 Å². The Balaban J connectivity index is 3.92. The molecule has 0 rings (SSSR count). The van der Waals surface area contributed by atoms with Crippen molar-refractivity contribution in [2.24, 2.45) is 5.73 Å². The Kier molecular flexibility index (Phi) is 5.05. The molecule has 0 heterocycles. The molecule has 0 spiro atoms. The Morgan fingerprint density at radius 3 is 2.29 bits per heavy atom. The molecule has 86 valence electrons. The van der Waals surface area contributed by atoms with Gasteiger partial charge in [0.1, 0.15) is 9.84 Å². The van der Waals surface area contributed by atoms with Crippen molar-refractivity contribution in [1.29, 1.82) is 0 Å². The molecule has 0 bridgehead atoms. The van der Waals surface area contributed by atoms with Crippen molar-refractivity contribution < 1.29 is 13.2 Å². The molecule has 0 amide bonds. The van der Waals surface area contributed by atoms with E-state index in [0.29, 0.717) is 6.42 Å². The molecule has 0 aromatic rings. The van der Waals surface area contributed by atoms with E-state index in [1.54, 1.807) is 7.11 Å². The van der Waals surface area contributed by atoms with E-state index in [4.69, 9.17) is 10.5 Å². The highest BCUT2D eigenvalue weighted by Gasteiger charge is 2.19. The highest BCUT2D eigenvalue weighted by molar-refractivity contribution is 7.90. The van der Waals surface area contributed by atoms with Gasteiger partial charge >= 0.3 is 0 Å². The summed E-state index contributed by atoms with van der Waals surface area (Å²) in [6.45, 7) is 3.92. The molecule has 0 fully saturated rings. The van der Waals surface area contributed by atoms with E-state index in [1.807, 2.05) is 13.8 Å². The zero-order valence-electron chi connectivity index (χ0n) is 9.41. The van der Waals surface area contributed by atoms with Gasteiger partial charge in [0.2, 0.25) is 0 Å². The van der Waals surface area contributed by atoms with Gasteiger partial charge in [-0.25, -0.2) is 8.42 Å². The first kappa shape index (κ1) is 13.9. The summed E-state index contributed by atoms with van der Waals surface area (Å²) < 4.78 is 27.1. The van der Waals surface area contributed by atoms with Crippen LogP contribution in [-0.4, -0.2) is 39.2 Å². The average molecular weight is 223 g/mol. The highest BCUT2D eigenvalue weighted by Crippen LogP contribution is 2.16. The van der Waals surface area contributed by atoms with Gasteiger partial charge in [0.05, 0.1) is 11.4 Å². The van der Waals surface area contributed by atoms with E-state index < -0.39 is 9.84 Å². The topological polar surface area (TPSA) is 69.4 Å². The van der Waals surface area contributed by atoms with Gasteiger partial charge in [-0.3, -0.25) is 0 Å². The number of hydrogen-bond donors (Lipinski definition) is 1. The number of methoxy groups -OCH3 is 1. The molecule has 0 aliphatic carbocycles. The third kappa shape index (κ3) is 7.29. The van der Waals surface area contributed by atoms with Crippen LogP contribution in [0, 0.1) is 0 Å². The Labute approximate surface area is 86.7 Å². The van der Waals surface area contributed by atoms with Crippen LogP contribution in [-0.2, 0) is 14.6 Å². The van der Waals surface area contributed by atoms with Crippen LogP contribution in [0.4, 0.5) is 0 Å². The standard InChI is InChI=1S/C9H21NO3S/c1-9(2,13-3)6-5-8(10)7-14(4,11)12/h8H,5-7,10H2,1-4H3. The van der Waals surface area contributed by atoms with Crippen LogP contribution < -0.4 is 5.73 Å². The van der Waals surface area contributed by atoms with Crippen LogP contribution in [0.1, 0.15) is 26.7 Å². The number of sulfone groups is 1. The molecule has 14 heavy (non-hydrogen) atoms. The maximum Gasteiger partial charge on any atom is 0.148 e. The molecule has 0 radical (unpaired) electrons. The molecular weight excluding hydrogens is 202 g/mol. The minimum absolute atomic E-state index is 0.0484. The maximum absolute atomic E-state index is 10.9. The summed E-state index contributed by atoms with van der Waals surface area (Å²) in [5.74, 6) is 0.0484. The summed E-state index contributed by atoms with van der Waals surface area (Å²) in [6, 6.07) is -0.292. The first-order valence-corrected chi connectivity index (χ1v) is 6.71. The molecule has 4 nitrogen and oxygen atoms in total. The minimum atomic E-state index is -2.96. The number of ether oxygens (including phenoxy) is 1. The predicted molar refractivity (Wildman–Crippen MR) is 58.0 cm³/mol. The van der Waals surface area contributed by atoms with E-state index in [-0.39, 0.29) is 17.4 Å². The third-order valence-corrected chi connectivity index (χ3v) is 3.22. The normalized spacial score (nSPS) is 15.5. The fraction of sp³-hybridized carbons (Fsp3) is 1.00. The second-order valence-electron chi connectivity index (χ2n) is 4.35. The van der Waals surface area contributed by atoms with Crippen LogP contribution in [0.25, 0.3) is 0 Å². The fourth-order valence-corrected chi connectivity index (χ4v) is 2.05. The zero-order chi connectivity index (χ0) is 11.4. The van der Waals surface area contributed by atoms with Crippen molar-refractivity contribution in [3.8, 4) is 0 Å². The summed E-state index contributed by atoms with van der Waals surface area (Å²) in [5.41, 5.74) is 5.46. The number of nitrogens with two attached hydrogens (primary N) is 1. The van der Waals surface area contributed by atoms with Crippen molar-refractivity contribution in [2.75, 3.05) is 19.1 Å². The second-order valence-corrected chi connectivity index (χ2v) is 6.54. The van der Waals surface area contributed by atoms with Gasteiger partial charge in [-0.05, 0) is 26.7 Å². The predicted octanol–water partition coefficient (Wildman–Crippen LogP) is 0.564. The largest absolute Gasteiger partial charge is 0.379 e. The molecule has 0 saturated heterocycles. The zero-order valence-corrected chi connectivity index (χ0v) is 10.2. The Morgan fingerprint density at radius 1 is 1.43 bits per heavy atom. The van der Waals surface area contributed by atoms with E-state index in [2.05, 4.69) is 0 Å².